The molecule has 0 bridgehead atoms. The smallest absolute Gasteiger partial charge is 0.287 e. The number of rotatable bonds is 5. The summed E-state index contributed by atoms with van der Waals surface area (Å²) in [6.45, 7) is 5.34. The molecule has 0 atom stereocenters. The van der Waals surface area contributed by atoms with Crippen molar-refractivity contribution in [2.45, 2.75) is 45.6 Å². The fourth-order valence-electron chi connectivity index (χ4n) is 2.80. The number of furan rings is 1. The summed E-state index contributed by atoms with van der Waals surface area (Å²) in [6, 6.07) is 0. The summed E-state index contributed by atoms with van der Waals surface area (Å²) < 4.78 is 7.38. The van der Waals surface area contributed by atoms with Crippen molar-refractivity contribution >= 4 is 5.91 Å². The Morgan fingerprint density at radius 3 is 3.14 bits per heavy atom. The van der Waals surface area contributed by atoms with Gasteiger partial charge in [-0.1, -0.05) is 13.8 Å². The number of carbonyl (C=O) groups excluding carboxylic acids is 1. The number of fused-ring (bicyclic) bond motifs is 1. The van der Waals surface area contributed by atoms with Crippen molar-refractivity contribution in [2.24, 2.45) is 0 Å². The lowest BCUT2D eigenvalue weighted by Gasteiger charge is -2.09. The third-order valence-corrected chi connectivity index (χ3v) is 3.86. The zero-order valence-electron chi connectivity index (χ0n) is 12.4. The Balaban J connectivity index is 1.58. The van der Waals surface area contributed by atoms with E-state index in [0.717, 1.165) is 30.7 Å². The molecule has 1 aliphatic carbocycles. The molecule has 21 heavy (non-hydrogen) atoms. The van der Waals surface area contributed by atoms with Crippen LogP contribution in [-0.4, -0.2) is 27.2 Å². The van der Waals surface area contributed by atoms with Crippen LogP contribution in [0.15, 0.2) is 17.0 Å². The largest absolute Gasteiger partial charge is 0.459 e. The van der Waals surface area contributed by atoms with Crippen molar-refractivity contribution in [3.05, 3.63) is 35.3 Å². The maximum Gasteiger partial charge on any atom is 0.287 e. The van der Waals surface area contributed by atoms with Crippen molar-refractivity contribution in [2.75, 3.05) is 6.54 Å². The third kappa shape index (κ3) is 2.70. The van der Waals surface area contributed by atoms with E-state index in [4.69, 9.17) is 4.42 Å². The van der Waals surface area contributed by atoms with E-state index >= 15 is 0 Å². The molecule has 1 aliphatic rings. The van der Waals surface area contributed by atoms with E-state index in [1.165, 1.54) is 5.56 Å². The second kappa shape index (κ2) is 5.71. The lowest BCUT2D eigenvalue weighted by molar-refractivity contribution is 0.0923. The fraction of sp³-hybridized carbons (Fsp3) is 0.533. The number of nitrogens with one attached hydrogen (secondary N) is 1. The summed E-state index contributed by atoms with van der Waals surface area (Å²) in [7, 11) is 0. The van der Waals surface area contributed by atoms with Gasteiger partial charge < -0.3 is 14.3 Å². The van der Waals surface area contributed by atoms with Crippen LogP contribution in [-0.2, 0) is 19.4 Å². The van der Waals surface area contributed by atoms with Gasteiger partial charge in [0.1, 0.15) is 12.2 Å². The molecule has 6 heteroatoms. The minimum absolute atomic E-state index is 0.127. The number of nitrogens with zero attached hydrogens (tertiary/aromatic N) is 3. The van der Waals surface area contributed by atoms with Gasteiger partial charge in [0.15, 0.2) is 5.76 Å². The molecule has 2 aromatic rings. The average molecular weight is 288 g/mol. The maximum absolute atomic E-state index is 12.2. The van der Waals surface area contributed by atoms with Gasteiger partial charge in [-0.25, -0.2) is 0 Å². The number of aromatic nitrogens is 3. The summed E-state index contributed by atoms with van der Waals surface area (Å²) in [5.74, 6) is 1.60. The Morgan fingerprint density at radius 1 is 1.48 bits per heavy atom. The number of aryl methyl sites for hydroxylation is 1. The standard InChI is InChI=1S/C15H20N4O2/c1-10(2)14-18-17-9-19(14)7-6-16-15(20)13-12-5-3-4-11(12)8-21-13/h8-10H,3-7H2,1-2H3,(H,16,20). The zero-order valence-corrected chi connectivity index (χ0v) is 12.4. The van der Waals surface area contributed by atoms with Crippen LogP contribution in [0.2, 0.25) is 0 Å². The van der Waals surface area contributed by atoms with E-state index in [2.05, 4.69) is 29.4 Å². The van der Waals surface area contributed by atoms with E-state index < -0.39 is 0 Å². The van der Waals surface area contributed by atoms with Crippen molar-refractivity contribution in [3.8, 4) is 0 Å². The summed E-state index contributed by atoms with van der Waals surface area (Å²) in [5, 5.41) is 10.9. The average Bonchev–Trinajstić information content (AvgIpc) is 3.14. The predicted octanol–water partition coefficient (Wildman–Crippen LogP) is 1.91. The number of amides is 1. The lowest BCUT2D eigenvalue weighted by Crippen LogP contribution is -2.28. The Bertz CT molecular complexity index is 642. The quantitative estimate of drug-likeness (QED) is 0.912. The summed E-state index contributed by atoms with van der Waals surface area (Å²) in [4.78, 5) is 12.2. The minimum Gasteiger partial charge on any atom is -0.459 e. The Labute approximate surface area is 123 Å². The van der Waals surface area contributed by atoms with Crippen LogP contribution in [0, 0.1) is 0 Å². The molecular weight excluding hydrogens is 268 g/mol. The summed E-state index contributed by atoms with van der Waals surface area (Å²) >= 11 is 0. The molecule has 2 heterocycles. The number of hydrogen-bond acceptors (Lipinski definition) is 4. The molecule has 6 nitrogen and oxygen atoms in total. The molecular formula is C15H20N4O2. The van der Waals surface area contributed by atoms with Gasteiger partial charge in [-0.05, 0) is 24.8 Å². The molecule has 1 N–H and O–H groups in total. The van der Waals surface area contributed by atoms with Crippen molar-refractivity contribution < 1.29 is 9.21 Å². The molecule has 0 aliphatic heterocycles. The van der Waals surface area contributed by atoms with Crippen LogP contribution in [0.3, 0.4) is 0 Å². The molecule has 0 saturated heterocycles. The van der Waals surface area contributed by atoms with Crippen molar-refractivity contribution in [1.29, 1.82) is 0 Å². The Hall–Kier alpha value is -2.11. The highest BCUT2D eigenvalue weighted by atomic mass is 16.3. The van der Waals surface area contributed by atoms with E-state index in [1.807, 2.05) is 4.57 Å². The zero-order chi connectivity index (χ0) is 14.8. The van der Waals surface area contributed by atoms with Crippen LogP contribution in [0.25, 0.3) is 0 Å². The first-order valence-corrected chi connectivity index (χ1v) is 7.42. The highest BCUT2D eigenvalue weighted by Crippen LogP contribution is 2.26. The SMILES string of the molecule is CC(C)c1nncn1CCNC(=O)c1occ2c1CCC2. The van der Waals surface area contributed by atoms with E-state index in [0.29, 0.717) is 24.8 Å². The summed E-state index contributed by atoms with van der Waals surface area (Å²) in [5.41, 5.74) is 2.26. The molecule has 0 spiro atoms. The highest BCUT2D eigenvalue weighted by Gasteiger charge is 2.23. The van der Waals surface area contributed by atoms with Crippen LogP contribution >= 0.6 is 0 Å². The molecule has 0 unspecified atom stereocenters. The van der Waals surface area contributed by atoms with Crippen molar-refractivity contribution in [1.82, 2.24) is 20.1 Å². The normalized spacial score (nSPS) is 13.7. The van der Waals surface area contributed by atoms with Gasteiger partial charge in [0.05, 0.1) is 6.26 Å². The third-order valence-electron chi connectivity index (χ3n) is 3.86. The monoisotopic (exact) mass is 288 g/mol. The first-order chi connectivity index (χ1) is 10.2. The predicted molar refractivity (Wildman–Crippen MR) is 77.2 cm³/mol. The van der Waals surface area contributed by atoms with Gasteiger partial charge in [0, 0.05) is 24.6 Å². The molecule has 112 valence electrons. The molecule has 0 saturated carbocycles. The van der Waals surface area contributed by atoms with Crippen LogP contribution in [0.4, 0.5) is 0 Å². The Morgan fingerprint density at radius 2 is 2.33 bits per heavy atom. The number of carbonyl (C=O) groups is 1. The second-order valence-corrected chi connectivity index (χ2v) is 5.72. The van der Waals surface area contributed by atoms with Crippen LogP contribution in [0.1, 0.15) is 53.7 Å². The maximum atomic E-state index is 12.2. The first kappa shape index (κ1) is 13.9. The highest BCUT2D eigenvalue weighted by molar-refractivity contribution is 5.93. The van der Waals surface area contributed by atoms with Gasteiger partial charge >= 0.3 is 0 Å². The second-order valence-electron chi connectivity index (χ2n) is 5.72. The number of hydrogen-bond donors (Lipinski definition) is 1. The molecule has 0 radical (unpaired) electrons. The van der Waals surface area contributed by atoms with Gasteiger partial charge in [-0.2, -0.15) is 0 Å². The van der Waals surface area contributed by atoms with Gasteiger partial charge in [0.2, 0.25) is 0 Å². The summed E-state index contributed by atoms with van der Waals surface area (Å²) in [6.07, 6.45) is 6.49. The molecule has 0 fully saturated rings. The van der Waals surface area contributed by atoms with E-state index in [9.17, 15) is 4.79 Å². The van der Waals surface area contributed by atoms with Gasteiger partial charge in [-0.15, -0.1) is 10.2 Å². The molecule has 2 aromatic heterocycles. The lowest BCUT2D eigenvalue weighted by atomic mass is 10.2. The fourth-order valence-corrected chi connectivity index (χ4v) is 2.80. The topological polar surface area (TPSA) is 73.0 Å². The van der Waals surface area contributed by atoms with Crippen molar-refractivity contribution in [3.63, 3.8) is 0 Å². The van der Waals surface area contributed by atoms with Gasteiger partial charge in [-0.3, -0.25) is 4.79 Å². The Kier molecular flexibility index (Phi) is 3.77. The first-order valence-electron chi connectivity index (χ1n) is 7.42. The van der Waals surface area contributed by atoms with Crippen LogP contribution < -0.4 is 5.32 Å². The molecule has 1 amide bonds. The van der Waals surface area contributed by atoms with E-state index in [-0.39, 0.29) is 5.91 Å². The molecule has 3 rings (SSSR count). The van der Waals surface area contributed by atoms with Gasteiger partial charge in [0.25, 0.3) is 5.91 Å². The van der Waals surface area contributed by atoms with E-state index in [1.54, 1.807) is 12.6 Å². The minimum atomic E-state index is -0.127. The molecule has 0 aromatic carbocycles. The van der Waals surface area contributed by atoms with Crippen LogP contribution in [0.5, 0.6) is 0 Å².